The Bertz CT molecular complexity index is 497. The highest BCUT2D eigenvalue weighted by atomic mass is 16.5. The Balaban J connectivity index is 2.43. The van der Waals surface area contributed by atoms with Gasteiger partial charge in [0, 0.05) is 18.5 Å². The predicted octanol–water partition coefficient (Wildman–Crippen LogP) is 3.52. The normalized spacial score (nSPS) is 10.8. The fourth-order valence-corrected chi connectivity index (χ4v) is 2.34. The van der Waals surface area contributed by atoms with Crippen LogP contribution in [0.5, 0.6) is 0 Å². The number of rotatable bonds is 10. The molecule has 1 aromatic rings. The van der Waals surface area contributed by atoms with Crippen molar-refractivity contribution in [2.45, 2.75) is 72.3 Å². The Hall–Kier alpha value is -1.85. The van der Waals surface area contributed by atoms with Gasteiger partial charge in [0.15, 0.2) is 5.82 Å². The van der Waals surface area contributed by atoms with Crippen LogP contribution in [-0.2, 0) is 9.59 Å². The summed E-state index contributed by atoms with van der Waals surface area (Å²) in [4.78, 5) is 26.0. The number of hydrogen-bond donors (Lipinski definition) is 1. The third-order valence-electron chi connectivity index (χ3n) is 3.65. The second kappa shape index (κ2) is 10.0. The number of nitrogens with zero attached hydrogens (tertiary/aromatic N) is 2. The summed E-state index contributed by atoms with van der Waals surface area (Å²) in [6, 6.07) is 1.63. The first kappa shape index (κ1) is 19.2. The molecule has 1 aromatic heterocycles. The van der Waals surface area contributed by atoms with Gasteiger partial charge in [0.2, 0.25) is 11.8 Å². The Labute approximate surface area is 138 Å². The standard InChI is InChI=1S/C17H29N3O3/c1-5-6-7-8-9-10-17(22)20(13(2)3)12-16(21)18-15-11-14(4)23-19-15/h11,13H,5-10,12H2,1-4H3,(H,18,19,21). The highest BCUT2D eigenvalue weighted by Gasteiger charge is 2.20. The molecule has 130 valence electrons. The number of hydrogen-bond acceptors (Lipinski definition) is 4. The van der Waals surface area contributed by atoms with E-state index in [2.05, 4.69) is 17.4 Å². The topological polar surface area (TPSA) is 75.4 Å². The Morgan fingerprint density at radius 2 is 1.96 bits per heavy atom. The van der Waals surface area contributed by atoms with Gasteiger partial charge in [-0.2, -0.15) is 0 Å². The Morgan fingerprint density at radius 3 is 2.52 bits per heavy atom. The van der Waals surface area contributed by atoms with Gasteiger partial charge >= 0.3 is 0 Å². The fraction of sp³-hybridized carbons (Fsp3) is 0.706. The molecule has 1 rings (SSSR count). The van der Waals surface area contributed by atoms with E-state index < -0.39 is 0 Å². The lowest BCUT2D eigenvalue weighted by Gasteiger charge is -2.26. The van der Waals surface area contributed by atoms with Crippen molar-refractivity contribution in [3.8, 4) is 0 Å². The first-order valence-corrected chi connectivity index (χ1v) is 8.46. The van der Waals surface area contributed by atoms with Crippen LogP contribution in [0, 0.1) is 6.92 Å². The summed E-state index contributed by atoms with van der Waals surface area (Å²) >= 11 is 0. The minimum absolute atomic E-state index is 0.0112. The van der Waals surface area contributed by atoms with E-state index >= 15 is 0 Å². The third-order valence-corrected chi connectivity index (χ3v) is 3.65. The van der Waals surface area contributed by atoms with E-state index in [0.717, 1.165) is 19.3 Å². The van der Waals surface area contributed by atoms with Crippen molar-refractivity contribution in [2.24, 2.45) is 0 Å². The molecular weight excluding hydrogens is 294 g/mol. The summed E-state index contributed by atoms with van der Waals surface area (Å²) in [5.74, 6) is 0.779. The lowest BCUT2D eigenvalue weighted by atomic mass is 10.1. The molecule has 2 amide bonds. The molecule has 0 aromatic carbocycles. The number of anilines is 1. The maximum atomic E-state index is 12.3. The molecule has 0 fully saturated rings. The van der Waals surface area contributed by atoms with Crippen molar-refractivity contribution in [3.63, 3.8) is 0 Å². The van der Waals surface area contributed by atoms with Crippen LogP contribution in [0.15, 0.2) is 10.6 Å². The van der Waals surface area contributed by atoms with E-state index in [0.29, 0.717) is 18.0 Å². The van der Waals surface area contributed by atoms with E-state index in [1.807, 2.05) is 13.8 Å². The van der Waals surface area contributed by atoms with Gasteiger partial charge in [-0.1, -0.05) is 37.8 Å². The lowest BCUT2D eigenvalue weighted by Crippen LogP contribution is -2.42. The van der Waals surface area contributed by atoms with Crippen molar-refractivity contribution >= 4 is 17.6 Å². The molecule has 0 radical (unpaired) electrons. The van der Waals surface area contributed by atoms with Gasteiger partial charge in [0.05, 0.1) is 0 Å². The number of carbonyl (C=O) groups is 2. The molecule has 0 aliphatic heterocycles. The van der Waals surface area contributed by atoms with Crippen LogP contribution >= 0.6 is 0 Å². The molecule has 6 nitrogen and oxygen atoms in total. The monoisotopic (exact) mass is 323 g/mol. The van der Waals surface area contributed by atoms with Crippen molar-refractivity contribution in [1.82, 2.24) is 10.1 Å². The Kier molecular flexibility index (Phi) is 8.37. The van der Waals surface area contributed by atoms with E-state index in [-0.39, 0.29) is 24.4 Å². The number of aromatic nitrogens is 1. The molecule has 1 N–H and O–H groups in total. The van der Waals surface area contributed by atoms with Crippen molar-refractivity contribution < 1.29 is 14.1 Å². The molecule has 0 unspecified atom stereocenters. The third kappa shape index (κ3) is 7.30. The molecule has 1 heterocycles. The number of nitrogens with one attached hydrogen (secondary N) is 1. The highest BCUT2D eigenvalue weighted by Crippen LogP contribution is 2.10. The van der Waals surface area contributed by atoms with Crippen LogP contribution in [0.4, 0.5) is 5.82 Å². The summed E-state index contributed by atoms with van der Waals surface area (Å²) in [7, 11) is 0. The largest absolute Gasteiger partial charge is 0.360 e. The molecule has 0 saturated carbocycles. The van der Waals surface area contributed by atoms with Crippen molar-refractivity contribution in [3.05, 3.63) is 11.8 Å². The van der Waals surface area contributed by atoms with Crippen LogP contribution < -0.4 is 5.32 Å². The molecule has 23 heavy (non-hydrogen) atoms. The molecule has 0 atom stereocenters. The average molecular weight is 323 g/mol. The molecule has 0 aliphatic rings. The Morgan fingerprint density at radius 1 is 1.26 bits per heavy atom. The number of carbonyl (C=O) groups excluding carboxylic acids is 2. The maximum Gasteiger partial charge on any atom is 0.245 e. The molecule has 0 spiro atoms. The SMILES string of the molecule is CCCCCCCC(=O)N(CC(=O)Nc1cc(C)on1)C(C)C. The van der Waals surface area contributed by atoms with Crippen LogP contribution in [-0.4, -0.2) is 34.5 Å². The van der Waals surface area contributed by atoms with Crippen LogP contribution in [0.2, 0.25) is 0 Å². The minimum atomic E-state index is -0.258. The lowest BCUT2D eigenvalue weighted by molar-refractivity contribution is -0.136. The van der Waals surface area contributed by atoms with Gasteiger partial charge in [-0.05, 0) is 27.2 Å². The van der Waals surface area contributed by atoms with Crippen molar-refractivity contribution in [2.75, 3.05) is 11.9 Å². The van der Waals surface area contributed by atoms with Gasteiger partial charge in [-0.3, -0.25) is 9.59 Å². The number of aryl methyl sites for hydroxylation is 1. The summed E-state index contributed by atoms with van der Waals surface area (Å²) < 4.78 is 4.91. The van der Waals surface area contributed by atoms with E-state index in [1.54, 1.807) is 17.9 Å². The first-order chi connectivity index (χ1) is 10.9. The van der Waals surface area contributed by atoms with Gasteiger partial charge in [0.1, 0.15) is 12.3 Å². The number of unbranched alkanes of at least 4 members (excludes halogenated alkanes) is 4. The van der Waals surface area contributed by atoms with E-state index in [9.17, 15) is 9.59 Å². The quantitative estimate of drug-likeness (QED) is 0.668. The maximum absolute atomic E-state index is 12.3. The molecular formula is C17H29N3O3. The zero-order chi connectivity index (χ0) is 17.2. The highest BCUT2D eigenvalue weighted by molar-refractivity contribution is 5.93. The molecule has 0 aliphatic carbocycles. The zero-order valence-corrected chi connectivity index (χ0v) is 14.7. The fourth-order valence-electron chi connectivity index (χ4n) is 2.34. The zero-order valence-electron chi connectivity index (χ0n) is 14.7. The van der Waals surface area contributed by atoms with Crippen molar-refractivity contribution in [1.29, 1.82) is 0 Å². The average Bonchev–Trinajstić information content (AvgIpc) is 2.89. The summed E-state index contributed by atoms with van der Waals surface area (Å²) in [5.41, 5.74) is 0. The summed E-state index contributed by atoms with van der Waals surface area (Å²) in [5, 5.41) is 6.37. The second-order valence-corrected chi connectivity index (χ2v) is 6.15. The van der Waals surface area contributed by atoms with Crippen LogP contribution in [0.25, 0.3) is 0 Å². The minimum Gasteiger partial charge on any atom is -0.360 e. The van der Waals surface area contributed by atoms with Gasteiger partial charge in [-0.25, -0.2) is 0 Å². The van der Waals surface area contributed by atoms with Gasteiger partial charge < -0.3 is 14.7 Å². The molecule has 0 bridgehead atoms. The second-order valence-electron chi connectivity index (χ2n) is 6.15. The van der Waals surface area contributed by atoms with Crippen LogP contribution in [0.3, 0.4) is 0 Å². The van der Waals surface area contributed by atoms with Crippen LogP contribution in [0.1, 0.15) is 65.1 Å². The predicted molar refractivity (Wildman–Crippen MR) is 90.1 cm³/mol. The number of amides is 2. The smallest absolute Gasteiger partial charge is 0.245 e. The van der Waals surface area contributed by atoms with Gasteiger partial charge in [-0.15, -0.1) is 0 Å². The van der Waals surface area contributed by atoms with E-state index in [4.69, 9.17) is 4.52 Å². The first-order valence-electron chi connectivity index (χ1n) is 8.46. The summed E-state index contributed by atoms with van der Waals surface area (Å²) in [6.07, 6.45) is 6.01. The van der Waals surface area contributed by atoms with E-state index in [1.165, 1.54) is 12.8 Å². The summed E-state index contributed by atoms with van der Waals surface area (Å²) in [6.45, 7) is 7.80. The van der Waals surface area contributed by atoms with Gasteiger partial charge in [0.25, 0.3) is 0 Å². The molecule has 6 heteroatoms. The molecule has 0 saturated heterocycles.